The molecule has 0 saturated carbocycles. The van der Waals surface area contributed by atoms with E-state index in [2.05, 4.69) is 112 Å². The van der Waals surface area contributed by atoms with Gasteiger partial charge in [-0.25, -0.2) is 4.79 Å². The van der Waals surface area contributed by atoms with Crippen LogP contribution in [-0.2, 0) is 28.2 Å². The molecule has 0 saturated heterocycles. The van der Waals surface area contributed by atoms with Gasteiger partial charge in [-0.2, -0.15) is 0 Å². The molecule has 0 radical (unpaired) electrons. The van der Waals surface area contributed by atoms with Gasteiger partial charge in [0.05, 0.1) is 12.2 Å². The number of carbonyl (C=O) groups is 2. The predicted molar refractivity (Wildman–Crippen MR) is 246 cm³/mol. The van der Waals surface area contributed by atoms with E-state index in [1.807, 2.05) is 51.2 Å². The highest BCUT2D eigenvalue weighted by Crippen LogP contribution is 2.38. The van der Waals surface area contributed by atoms with Crippen molar-refractivity contribution >= 4 is 28.1 Å². The van der Waals surface area contributed by atoms with Crippen molar-refractivity contribution in [1.82, 2.24) is 0 Å². The lowest BCUT2D eigenvalue weighted by atomic mass is 9.95. The number of ether oxygens (including phenoxy) is 3. The molecule has 0 bridgehead atoms. The van der Waals surface area contributed by atoms with Gasteiger partial charge in [-0.05, 0) is 96.0 Å². The SMILES string of the molecule is C=C[C@@H](C)[C@@H](CC/C=C/C=C(\C)C[C@@H](OC(=O)/C=C/CCC[C@H](C=C)OCOCC[Si](C)(C)C)[C@H](C)/C=C(C)/C=C/CC(=O)C=C(C)C)O[Si](C)(C)C(C)(C)C. The molecule has 318 valence electrons. The largest absolute Gasteiger partial charge is 0.458 e. The number of carbonyl (C=O) groups excluding carboxylic acids is 2. The van der Waals surface area contributed by atoms with Crippen molar-refractivity contribution in [1.29, 1.82) is 0 Å². The molecule has 0 aliphatic rings. The van der Waals surface area contributed by atoms with Crippen molar-refractivity contribution in [3.05, 3.63) is 96.7 Å². The van der Waals surface area contributed by atoms with Crippen LogP contribution in [0.25, 0.3) is 0 Å². The van der Waals surface area contributed by atoms with E-state index in [0.29, 0.717) is 12.8 Å². The second-order valence-electron chi connectivity index (χ2n) is 18.4. The van der Waals surface area contributed by atoms with Crippen molar-refractivity contribution in [3.8, 4) is 0 Å². The van der Waals surface area contributed by atoms with Gasteiger partial charge in [0.25, 0.3) is 0 Å². The number of rotatable bonds is 29. The Balaban J connectivity index is 5.60. The van der Waals surface area contributed by atoms with Gasteiger partial charge < -0.3 is 18.6 Å². The lowest BCUT2D eigenvalue weighted by Gasteiger charge is -2.40. The summed E-state index contributed by atoms with van der Waals surface area (Å²) in [6.07, 6.45) is 26.1. The number of ketones is 1. The summed E-state index contributed by atoms with van der Waals surface area (Å²) in [5.41, 5.74) is 3.13. The van der Waals surface area contributed by atoms with Gasteiger partial charge in [-0.3, -0.25) is 4.79 Å². The number of hydrogen-bond donors (Lipinski definition) is 0. The van der Waals surface area contributed by atoms with Gasteiger partial charge in [-0.15, -0.1) is 13.2 Å². The maximum Gasteiger partial charge on any atom is 0.330 e. The molecule has 0 rings (SSSR count). The first-order valence-corrected chi connectivity index (χ1v) is 27.5. The van der Waals surface area contributed by atoms with E-state index in [0.717, 1.165) is 61.5 Å². The van der Waals surface area contributed by atoms with E-state index in [9.17, 15) is 9.59 Å². The van der Waals surface area contributed by atoms with Crippen LogP contribution in [0.5, 0.6) is 0 Å². The van der Waals surface area contributed by atoms with Crippen LogP contribution in [0.1, 0.15) is 107 Å². The fourth-order valence-corrected chi connectivity index (χ4v) is 7.61. The third-order valence-electron chi connectivity index (χ3n) is 10.1. The summed E-state index contributed by atoms with van der Waals surface area (Å²) in [7, 11) is -3.03. The maximum absolute atomic E-state index is 13.1. The Morgan fingerprint density at radius 2 is 1.50 bits per heavy atom. The van der Waals surface area contributed by atoms with Crippen LogP contribution in [0.2, 0.25) is 43.8 Å². The van der Waals surface area contributed by atoms with E-state index >= 15 is 0 Å². The minimum Gasteiger partial charge on any atom is -0.458 e. The first-order valence-electron chi connectivity index (χ1n) is 20.9. The van der Waals surface area contributed by atoms with Crippen molar-refractivity contribution in [2.75, 3.05) is 13.4 Å². The molecule has 0 aliphatic heterocycles. The maximum atomic E-state index is 13.1. The molecule has 0 fully saturated rings. The molecule has 8 heteroatoms. The van der Waals surface area contributed by atoms with Crippen molar-refractivity contribution in [2.24, 2.45) is 11.8 Å². The number of esters is 1. The summed E-state index contributed by atoms with van der Waals surface area (Å²) in [5.74, 6) is -0.0456. The topological polar surface area (TPSA) is 71.1 Å². The van der Waals surface area contributed by atoms with Crippen LogP contribution in [0.3, 0.4) is 0 Å². The van der Waals surface area contributed by atoms with Gasteiger partial charge in [0.15, 0.2) is 14.1 Å². The Bertz CT molecular complexity index is 1360. The van der Waals surface area contributed by atoms with E-state index in [1.165, 1.54) is 0 Å². The highest BCUT2D eigenvalue weighted by atomic mass is 28.4. The van der Waals surface area contributed by atoms with Crippen molar-refractivity contribution < 1.29 is 28.2 Å². The van der Waals surface area contributed by atoms with Gasteiger partial charge in [-0.1, -0.05) is 126 Å². The normalized spacial score (nSPS) is 16.2. The Kier molecular flexibility index (Phi) is 26.6. The lowest BCUT2D eigenvalue weighted by Crippen LogP contribution is -2.45. The van der Waals surface area contributed by atoms with Gasteiger partial charge in [0.1, 0.15) is 12.9 Å². The van der Waals surface area contributed by atoms with Gasteiger partial charge >= 0.3 is 5.97 Å². The third-order valence-corrected chi connectivity index (χ3v) is 16.3. The zero-order valence-electron chi connectivity index (χ0n) is 38.2. The molecule has 0 spiro atoms. The van der Waals surface area contributed by atoms with E-state index in [-0.39, 0.29) is 53.7 Å². The molecule has 0 aliphatic carbocycles. The molecule has 0 N–H and O–H groups in total. The zero-order chi connectivity index (χ0) is 43.0. The minimum absolute atomic E-state index is 0.0510. The van der Waals surface area contributed by atoms with Crippen LogP contribution in [0.4, 0.5) is 0 Å². The lowest BCUT2D eigenvalue weighted by molar-refractivity contribution is -0.144. The Morgan fingerprint density at radius 3 is 2.09 bits per heavy atom. The summed E-state index contributed by atoms with van der Waals surface area (Å²) < 4.78 is 24.4. The molecule has 0 aromatic rings. The highest BCUT2D eigenvalue weighted by Gasteiger charge is 2.39. The minimum atomic E-state index is -1.91. The van der Waals surface area contributed by atoms with Crippen LogP contribution >= 0.6 is 0 Å². The summed E-state index contributed by atoms with van der Waals surface area (Å²) in [5, 5.41) is 0.149. The molecule has 6 nitrogen and oxygen atoms in total. The second-order valence-corrected chi connectivity index (χ2v) is 28.8. The molecule has 0 aromatic heterocycles. The molecule has 0 unspecified atom stereocenters. The van der Waals surface area contributed by atoms with Crippen LogP contribution in [0, 0.1) is 11.8 Å². The first kappa shape index (κ1) is 53.4. The van der Waals surface area contributed by atoms with E-state index < -0.39 is 16.4 Å². The number of unbranched alkanes of at least 4 members (excludes halogenated alkanes) is 1. The fraction of sp³-hybridized carbons (Fsp3) is 0.625. The highest BCUT2D eigenvalue weighted by molar-refractivity contribution is 6.76. The Hall–Kier alpha value is -2.63. The summed E-state index contributed by atoms with van der Waals surface area (Å²) in [4.78, 5) is 25.2. The summed E-state index contributed by atoms with van der Waals surface area (Å²) in [6.45, 7) is 39.6. The second kappa shape index (κ2) is 27.9. The third kappa shape index (κ3) is 26.3. The van der Waals surface area contributed by atoms with Crippen LogP contribution in [0.15, 0.2) is 96.7 Å². The Labute approximate surface area is 346 Å². The summed E-state index contributed by atoms with van der Waals surface area (Å²) >= 11 is 0. The molecule has 5 atom stereocenters. The average Bonchev–Trinajstić information content (AvgIpc) is 3.07. The van der Waals surface area contributed by atoms with E-state index in [1.54, 1.807) is 12.2 Å². The van der Waals surface area contributed by atoms with Crippen LogP contribution in [-0.4, -0.2) is 59.9 Å². The number of hydrogen-bond acceptors (Lipinski definition) is 6. The molecule has 0 amide bonds. The quantitative estimate of drug-likeness (QED) is 0.0143. The average molecular weight is 811 g/mol. The molecular weight excluding hydrogens is 729 g/mol. The van der Waals surface area contributed by atoms with Gasteiger partial charge in [0, 0.05) is 39.5 Å². The molecule has 0 heterocycles. The Morgan fingerprint density at radius 1 is 0.821 bits per heavy atom. The van der Waals surface area contributed by atoms with Crippen LogP contribution < -0.4 is 0 Å². The molecular formula is C48H82O6Si2. The summed E-state index contributed by atoms with van der Waals surface area (Å²) in [6, 6.07) is 1.11. The molecule has 56 heavy (non-hydrogen) atoms. The van der Waals surface area contributed by atoms with Gasteiger partial charge in [0.2, 0.25) is 0 Å². The smallest absolute Gasteiger partial charge is 0.330 e. The fourth-order valence-electron chi connectivity index (χ4n) is 5.41. The monoisotopic (exact) mass is 811 g/mol. The first-order chi connectivity index (χ1) is 26.0. The number of allylic oxidation sites excluding steroid dienone is 9. The van der Waals surface area contributed by atoms with Crippen molar-refractivity contribution in [3.63, 3.8) is 0 Å². The molecule has 0 aromatic carbocycles. The zero-order valence-corrected chi connectivity index (χ0v) is 40.2. The predicted octanol–water partition coefficient (Wildman–Crippen LogP) is 13.5. The standard InChI is InChI=1S/C48H82O6Si2/c1-17-41(7)45(54-56(15,16)48(9,10)11)30-23-19-21-26-40(6)36-46(42(8)35-39(5)27-25-28-43(49)34-38(3)4)53-47(50)31-24-20-22-29-44(18-2)52-37-51-32-33-55(12,13)14/h17-19,21,24-27,31,34-35,41-42,44-46H,1-2,20,22-23,28-30,32-33,36-37H2,3-16H3/b21-19+,27-25+,31-24+,39-35+,40-26+/t41-,42-,44+,45-,46-/m1/s1. The van der Waals surface area contributed by atoms with Crippen molar-refractivity contribution in [2.45, 2.75) is 169 Å². The van der Waals surface area contributed by atoms with E-state index in [4.69, 9.17) is 18.6 Å².